The highest BCUT2D eigenvalue weighted by atomic mass is 16.5. The molecule has 0 aliphatic carbocycles. The van der Waals surface area contributed by atoms with Crippen molar-refractivity contribution in [2.24, 2.45) is 0 Å². The molecule has 0 saturated heterocycles. The molecule has 0 fully saturated rings. The molecule has 2 aromatic heterocycles. The number of hydrogen-bond donors (Lipinski definition) is 0. The number of unbranched alkanes of at least 4 members (excludes halogenated alkanes) is 3. The van der Waals surface area contributed by atoms with Crippen LogP contribution in [0.1, 0.15) is 31.4 Å². The van der Waals surface area contributed by atoms with Crippen LogP contribution >= 0.6 is 0 Å². The summed E-state index contributed by atoms with van der Waals surface area (Å²) in [6, 6.07) is 25.6. The molecular weight excluding hydrogens is 372 g/mol. The number of aromatic nitrogens is 2. The predicted molar refractivity (Wildman–Crippen MR) is 121 cm³/mol. The normalized spacial score (nSPS) is 10.9. The van der Waals surface area contributed by atoms with Gasteiger partial charge in [-0.05, 0) is 60.4 Å². The molecule has 4 rings (SSSR count). The van der Waals surface area contributed by atoms with Crippen LogP contribution in [0.25, 0.3) is 16.6 Å². The number of fused-ring (bicyclic) bond motifs is 1. The Bertz CT molecular complexity index is 1150. The zero-order valence-corrected chi connectivity index (χ0v) is 17.0. The van der Waals surface area contributed by atoms with Crippen molar-refractivity contribution in [3.63, 3.8) is 0 Å². The lowest BCUT2D eigenvalue weighted by Crippen LogP contribution is -2.21. The summed E-state index contributed by atoms with van der Waals surface area (Å²) in [7, 11) is 0. The highest BCUT2D eigenvalue weighted by molar-refractivity contribution is 5.83. The highest BCUT2D eigenvalue weighted by Crippen LogP contribution is 2.21. The molecule has 0 unspecified atom stereocenters. The summed E-state index contributed by atoms with van der Waals surface area (Å²) in [6.07, 6.45) is 6.84. The zero-order valence-electron chi connectivity index (χ0n) is 17.0. The summed E-state index contributed by atoms with van der Waals surface area (Å²) >= 11 is 0. The summed E-state index contributed by atoms with van der Waals surface area (Å²) in [5, 5.41) is 2.44. The van der Waals surface area contributed by atoms with Crippen molar-refractivity contribution in [1.82, 2.24) is 9.55 Å². The van der Waals surface area contributed by atoms with Crippen LogP contribution in [0.15, 0.2) is 89.9 Å². The molecule has 4 aromatic rings. The maximum Gasteiger partial charge on any atom is 0.256 e. The molecule has 0 spiro atoms. The van der Waals surface area contributed by atoms with Gasteiger partial charge in [0.1, 0.15) is 11.6 Å². The van der Waals surface area contributed by atoms with Gasteiger partial charge in [0.2, 0.25) is 0 Å². The summed E-state index contributed by atoms with van der Waals surface area (Å²) in [5.41, 5.74) is 0.976. The molecule has 0 aliphatic rings. The number of ether oxygens (including phenoxy) is 1. The molecule has 2 heterocycles. The molecule has 152 valence electrons. The van der Waals surface area contributed by atoms with Crippen LogP contribution < -0.4 is 10.3 Å². The van der Waals surface area contributed by atoms with E-state index in [0.29, 0.717) is 5.82 Å². The molecular formula is C26H26N2O2. The number of nitrogens with zero attached hydrogens (tertiary/aromatic N) is 2. The monoisotopic (exact) mass is 398 g/mol. The maximum absolute atomic E-state index is 12.3. The molecule has 4 heteroatoms. The van der Waals surface area contributed by atoms with E-state index in [0.717, 1.165) is 50.2 Å². The summed E-state index contributed by atoms with van der Waals surface area (Å²) in [5.74, 6) is 1.61. The van der Waals surface area contributed by atoms with Crippen LogP contribution in [-0.4, -0.2) is 16.2 Å². The van der Waals surface area contributed by atoms with Gasteiger partial charge in [-0.15, -0.1) is 0 Å². The van der Waals surface area contributed by atoms with Crippen molar-refractivity contribution in [3.8, 4) is 11.6 Å². The Morgan fingerprint density at radius 2 is 1.60 bits per heavy atom. The standard InChI is InChI=1S/C26H26N2O2/c29-26-15-9-13-23(28(26)25-14-6-7-18-27-25)12-3-1-2-8-19-30-24-17-16-21-10-4-5-11-22(21)20-24/h4-7,9-11,13-18,20H,1-3,8,12,19H2. The van der Waals surface area contributed by atoms with Crippen molar-refractivity contribution < 1.29 is 4.74 Å². The van der Waals surface area contributed by atoms with Crippen molar-refractivity contribution in [1.29, 1.82) is 0 Å². The van der Waals surface area contributed by atoms with Gasteiger partial charge in [0.05, 0.1) is 6.61 Å². The van der Waals surface area contributed by atoms with Crippen LogP contribution in [0.5, 0.6) is 5.75 Å². The van der Waals surface area contributed by atoms with Crippen molar-refractivity contribution in [2.45, 2.75) is 32.1 Å². The summed E-state index contributed by atoms with van der Waals surface area (Å²) in [4.78, 5) is 16.7. The van der Waals surface area contributed by atoms with Crippen molar-refractivity contribution >= 4 is 10.8 Å². The van der Waals surface area contributed by atoms with Gasteiger partial charge >= 0.3 is 0 Å². The Labute approximate surface area is 176 Å². The Hall–Kier alpha value is -3.40. The number of benzene rings is 2. The van der Waals surface area contributed by atoms with E-state index in [1.165, 1.54) is 10.8 Å². The molecule has 0 aliphatic heterocycles. The van der Waals surface area contributed by atoms with E-state index in [9.17, 15) is 4.79 Å². The average molecular weight is 399 g/mol. The molecule has 0 radical (unpaired) electrons. The summed E-state index contributed by atoms with van der Waals surface area (Å²) < 4.78 is 7.63. The Kier molecular flexibility index (Phi) is 6.55. The van der Waals surface area contributed by atoms with E-state index >= 15 is 0 Å². The second kappa shape index (κ2) is 9.88. The van der Waals surface area contributed by atoms with E-state index in [1.54, 1.807) is 16.8 Å². The Balaban J connectivity index is 1.23. The molecule has 0 amide bonds. The van der Waals surface area contributed by atoms with Crippen LogP contribution in [0.2, 0.25) is 0 Å². The fraction of sp³-hybridized carbons (Fsp3) is 0.231. The van der Waals surface area contributed by atoms with Crippen molar-refractivity contribution in [3.05, 3.63) is 101 Å². The van der Waals surface area contributed by atoms with Crippen LogP contribution in [-0.2, 0) is 6.42 Å². The minimum atomic E-state index is -0.0324. The third-order valence-corrected chi connectivity index (χ3v) is 5.23. The van der Waals surface area contributed by atoms with Gasteiger partial charge in [0.15, 0.2) is 0 Å². The van der Waals surface area contributed by atoms with Crippen LogP contribution in [0.3, 0.4) is 0 Å². The topological polar surface area (TPSA) is 44.1 Å². The van der Waals surface area contributed by atoms with Gasteiger partial charge in [-0.2, -0.15) is 0 Å². The van der Waals surface area contributed by atoms with Gasteiger partial charge in [-0.3, -0.25) is 9.36 Å². The number of pyridine rings is 2. The van der Waals surface area contributed by atoms with Gasteiger partial charge in [-0.25, -0.2) is 4.98 Å². The lowest BCUT2D eigenvalue weighted by molar-refractivity contribution is 0.305. The first-order valence-electron chi connectivity index (χ1n) is 10.6. The van der Waals surface area contributed by atoms with Gasteiger partial charge in [-0.1, -0.05) is 55.3 Å². The van der Waals surface area contributed by atoms with Crippen LogP contribution in [0.4, 0.5) is 0 Å². The maximum atomic E-state index is 12.3. The van der Waals surface area contributed by atoms with Crippen LogP contribution in [0, 0.1) is 0 Å². The fourth-order valence-corrected chi connectivity index (χ4v) is 3.68. The molecule has 0 saturated carbocycles. The zero-order chi connectivity index (χ0) is 20.6. The second-order valence-electron chi connectivity index (χ2n) is 7.40. The van der Waals surface area contributed by atoms with E-state index in [1.807, 2.05) is 48.5 Å². The summed E-state index contributed by atoms with van der Waals surface area (Å²) in [6.45, 7) is 0.725. The average Bonchev–Trinajstić information content (AvgIpc) is 2.79. The molecule has 2 aromatic carbocycles. The molecule has 4 nitrogen and oxygen atoms in total. The smallest absolute Gasteiger partial charge is 0.256 e. The number of aryl methyl sites for hydroxylation is 1. The predicted octanol–water partition coefficient (Wildman–Crippen LogP) is 5.57. The fourth-order valence-electron chi connectivity index (χ4n) is 3.68. The Morgan fingerprint density at radius 3 is 2.47 bits per heavy atom. The van der Waals surface area contributed by atoms with Crippen molar-refractivity contribution in [2.75, 3.05) is 6.61 Å². The number of rotatable bonds is 9. The first-order valence-corrected chi connectivity index (χ1v) is 10.6. The van der Waals surface area contributed by atoms with Gasteiger partial charge in [0, 0.05) is 18.0 Å². The quantitative estimate of drug-likeness (QED) is 0.346. The third kappa shape index (κ3) is 4.95. The van der Waals surface area contributed by atoms with E-state index in [-0.39, 0.29) is 5.56 Å². The second-order valence-corrected chi connectivity index (χ2v) is 7.40. The van der Waals surface area contributed by atoms with E-state index in [4.69, 9.17) is 4.74 Å². The van der Waals surface area contributed by atoms with E-state index in [2.05, 4.69) is 29.2 Å². The first-order chi connectivity index (χ1) is 14.8. The molecule has 0 atom stereocenters. The highest BCUT2D eigenvalue weighted by Gasteiger charge is 2.06. The molecule has 30 heavy (non-hydrogen) atoms. The third-order valence-electron chi connectivity index (χ3n) is 5.23. The minimum absolute atomic E-state index is 0.0324. The van der Waals surface area contributed by atoms with Gasteiger partial charge in [0.25, 0.3) is 5.56 Å². The van der Waals surface area contributed by atoms with Gasteiger partial charge < -0.3 is 4.74 Å². The van der Waals surface area contributed by atoms with E-state index < -0.39 is 0 Å². The largest absolute Gasteiger partial charge is 0.494 e. The molecule has 0 bridgehead atoms. The Morgan fingerprint density at radius 1 is 0.767 bits per heavy atom. The molecule has 0 N–H and O–H groups in total. The SMILES string of the molecule is O=c1cccc(CCCCCCOc2ccc3ccccc3c2)n1-c1ccccn1. The number of hydrogen-bond acceptors (Lipinski definition) is 3. The first kappa shape index (κ1) is 19.9. The lowest BCUT2D eigenvalue weighted by atomic mass is 10.1. The lowest BCUT2D eigenvalue weighted by Gasteiger charge is -2.11. The minimum Gasteiger partial charge on any atom is -0.494 e.